The van der Waals surface area contributed by atoms with Gasteiger partial charge in [-0.2, -0.15) is 5.10 Å². The second-order valence-electron chi connectivity index (χ2n) is 5.62. The SMILES string of the molecule is COc1ccc(/C=N\NC(=O)c2sccc2-c2ccc(C)cc2)cc1F. The number of aryl methyl sites for hydroxylation is 1. The Labute approximate surface area is 155 Å². The first-order valence-corrected chi connectivity index (χ1v) is 8.78. The van der Waals surface area contributed by atoms with Crippen LogP contribution in [0.4, 0.5) is 4.39 Å². The number of hydrazone groups is 1. The summed E-state index contributed by atoms with van der Waals surface area (Å²) in [5.74, 6) is -0.629. The molecule has 0 aliphatic carbocycles. The van der Waals surface area contributed by atoms with Crippen LogP contribution in [0, 0.1) is 12.7 Å². The average Bonchev–Trinajstić information content (AvgIpc) is 3.12. The van der Waals surface area contributed by atoms with E-state index >= 15 is 0 Å². The van der Waals surface area contributed by atoms with Crippen molar-refractivity contribution in [2.75, 3.05) is 7.11 Å². The minimum Gasteiger partial charge on any atom is -0.494 e. The molecule has 4 nitrogen and oxygen atoms in total. The van der Waals surface area contributed by atoms with Gasteiger partial charge in [-0.15, -0.1) is 11.3 Å². The van der Waals surface area contributed by atoms with E-state index in [1.807, 2.05) is 42.6 Å². The highest BCUT2D eigenvalue weighted by Crippen LogP contribution is 2.28. The van der Waals surface area contributed by atoms with Gasteiger partial charge in [-0.1, -0.05) is 29.8 Å². The number of ether oxygens (including phenoxy) is 1. The Morgan fingerprint density at radius 2 is 1.96 bits per heavy atom. The van der Waals surface area contributed by atoms with E-state index in [9.17, 15) is 9.18 Å². The van der Waals surface area contributed by atoms with Gasteiger partial charge in [0, 0.05) is 5.56 Å². The molecule has 0 fully saturated rings. The van der Waals surface area contributed by atoms with Gasteiger partial charge in [-0.05, 0) is 47.7 Å². The number of hydrogen-bond donors (Lipinski definition) is 1. The van der Waals surface area contributed by atoms with Crippen molar-refractivity contribution >= 4 is 23.5 Å². The van der Waals surface area contributed by atoms with Gasteiger partial charge in [0.15, 0.2) is 11.6 Å². The first kappa shape index (κ1) is 17.8. The van der Waals surface area contributed by atoms with Gasteiger partial charge in [-0.3, -0.25) is 4.79 Å². The summed E-state index contributed by atoms with van der Waals surface area (Å²) in [4.78, 5) is 13.0. The lowest BCUT2D eigenvalue weighted by Gasteiger charge is -2.04. The van der Waals surface area contributed by atoms with Crippen LogP contribution >= 0.6 is 11.3 Å². The molecule has 132 valence electrons. The van der Waals surface area contributed by atoms with Crippen molar-refractivity contribution in [3.8, 4) is 16.9 Å². The highest BCUT2D eigenvalue weighted by atomic mass is 32.1. The first-order chi connectivity index (χ1) is 12.6. The molecule has 26 heavy (non-hydrogen) atoms. The fraction of sp³-hybridized carbons (Fsp3) is 0.100. The molecular formula is C20H17FN2O2S. The number of carbonyl (C=O) groups excluding carboxylic acids is 1. The van der Waals surface area contributed by atoms with Crippen LogP contribution < -0.4 is 10.2 Å². The molecule has 0 aliphatic heterocycles. The molecular weight excluding hydrogens is 351 g/mol. The van der Waals surface area contributed by atoms with Crippen molar-refractivity contribution in [1.82, 2.24) is 5.43 Å². The van der Waals surface area contributed by atoms with E-state index in [2.05, 4.69) is 10.5 Å². The third-order valence-electron chi connectivity index (χ3n) is 3.79. The second kappa shape index (κ2) is 7.93. The lowest BCUT2D eigenvalue weighted by molar-refractivity contribution is 0.0960. The maximum absolute atomic E-state index is 13.7. The van der Waals surface area contributed by atoms with Gasteiger partial charge in [0.05, 0.1) is 13.3 Å². The molecule has 2 aromatic carbocycles. The van der Waals surface area contributed by atoms with Gasteiger partial charge in [0.25, 0.3) is 5.91 Å². The number of nitrogens with one attached hydrogen (secondary N) is 1. The maximum atomic E-state index is 13.7. The number of hydrogen-bond acceptors (Lipinski definition) is 4. The minimum absolute atomic E-state index is 0.160. The van der Waals surface area contributed by atoms with Crippen LogP contribution in [0.5, 0.6) is 5.75 Å². The van der Waals surface area contributed by atoms with Crippen molar-refractivity contribution in [3.63, 3.8) is 0 Å². The van der Waals surface area contributed by atoms with E-state index in [1.165, 1.54) is 36.8 Å². The smallest absolute Gasteiger partial charge is 0.282 e. The van der Waals surface area contributed by atoms with Crippen molar-refractivity contribution in [1.29, 1.82) is 0 Å². The van der Waals surface area contributed by atoms with Crippen LogP contribution in [0.15, 0.2) is 59.0 Å². The summed E-state index contributed by atoms with van der Waals surface area (Å²) in [7, 11) is 1.40. The fourth-order valence-electron chi connectivity index (χ4n) is 2.42. The highest BCUT2D eigenvalue weighted by molar-refractivity contribution is 7.12. The van der Waals surface area contributed by atoms with Gasteiger partial charge >= 0.3 is 0 Å². The van der Waals surface area contributed by atoms with E-state index in [1.54, 1.807) is 6.07 Å². The number of carbonyl (C=O) groups is 1. The Morgan fingerprint density at radius 3 is 2.65 bits per heavy atom. The largest absolute Gasteiger partial charge is 0.494 e. The second-order valence-corrected chi connectivity index (χ2v) is 6.54. The van der Waals surface area contributed by atoms with Crippen LogP contribution in [0.25, 0.3) is 11.1 Å². The zero-order chi connectivity index (χ0) is 18.5. The van der Waals surface area contributed by atoms with E-state index in [-0.39, 0.29) is 11.7 Å². The van der Waals surface area contributed by atoms with Crippen LogP contribution in [-0.4, -0.2) is 19.2 Å². The van der Waals surface area contributed by atoms with Crippen LogP contribution in [0.3, 0.4) is 0 Å². The van der Waals surface area contributed by atoms with Crippen LogP contribution in [0.2, 0.25) is 0 Å². The molecule has 0 saturated heterocycles. The van der Waals surface area contributed by atoms with Crippen molar-refractivity contribution in [2.24, 2.45) is 5.10 Å². The molecule has 0 radical (unpaired) electrons. The lowest BCUT2D eigenvalue weighted by atomic mass is 10.1. The number of halogens is 1. The van der Waals surface area contributed by atoms with Crippen molar-refractivity contribution in [3.05, 3.63) is 75.7 Å². The van der Waals surface area contributed by atoms with Gasteiger partial charge < -0.3 is 4.74 Å². The summed E-state index contributed by atoms with van der Waals surface area (Å²) in [6.45, 7) is 2.02. The van der Waals surface area contributed by atoms with E-state index in [4.69, 9.17) is 4.74 Å². The number of amides is 1. The van der Waals surface area contributed by atoms with Crippen LogP contribution in [0.1, 0.15) is 20.8 Å². The molecule has 1 N–H and O–H groups in total. The highest BCUT2D eigenvalue weighted by Gasteiger charge is 2.14. The summed E-state index contributed by atoms with van der Waals surface area (Å²) in [5, 5.41) is 5.79. The lowest BCUT2D eigenvalue weighted by Crippen LogP contribution is -2.17. The van der Waals surface area contributed by atoms with Crippen molar-refractivity contribution < 1.29 is 13.9 Å². The summed E-state index contributed by atoms with van der Waals surface area (Å²) in [6.07, 6.45) is 1.39. The molecule has 0 saturated carbocycles. The predicted octanol–water partition coefficient (Wildman–Crippen LogP) is 4.64. The molecule has 1 heterocycles. The zero-order valence-corrected chi connectivity index (χ0v) is 15.1. The molecule has 0 spiro atoms. The molecule has 3 aromatic rings. The Bertz CT molecular complexity index is 949. The van der Waals surface area contributed by atoms with E-state index < -0.39 is 5.82 Å². The molecule has 0 atom stereocenters. The Balaban J connectivity index is 1.72. The fourth-order valence-corrected chi connectivity index (χ4v) is 3.23. The normalized spacial score (nSPS) is 10.9. The van der Waals surface area contributed by atoms with E-state index in [0.717, 1.165) is 16.7 Å². The first-order valence-electron chi connectivity index (χ1n) is 7.90. The summed E-state index contributed by atoms with van der Waals surface area (Å²) >= 11 is 1.35. The monoisotopic (exact) mass is 368 g/mol. The number of nitrogens with zero attached hydrogens (tertiary/aromatic N) is 1. The van der Waals surface area contributed by atoms with Gasteiger partial charge in [0.1, 0.15) is 4.88 Å². The number of methoxy groups -OCH3 is 1. The standard InChI is InChI=1S/C20H17FN2O2S/c1-13-3-6-15(7-4-13)16-9-10-26-19(16)20(24)23-22-12-14-5-8-18(25-2)17(21)11-14/h3-12H,1-2H3,(H,23,24)/b22-12-. The van der Waals surface area contributed by atoms with Gasteiger partial charge in [-0.25, -0.2) is 9.82 Å². The van der Waals surface area contributed by atoms with Gasteiger partial charge in [0.2, 0.25) is 0 Å². The Morgan fingerprint density at radius 1 is 1.19 bits per heavy atom. The average molecular weight is 368 g/mol. The number of benzene rings is 2. The molecule has 1 aromatic heterocycles. The molecule has 0 unspecified atom stereocenters. The molecule has 1 amide bonds. The summed E-state index contributed by atoms with van der Waals surface area (Å²) in [6, 6.07) is 14.3. The third kappa shape index (κ3) is 3.97. The third-order valence-corrected chi connectivity index (χ3v) is 4.70. The quantitative estimate of drug-likeness (QED) is 0.527. The molecule has 3 rings (SSSR count). The Kier molecular flexibility index (Phi) is 5.43. The van der Waals surface area contributed by atoms with Crippen LogP contribution in [-0.2, 0) is 0 Å². The number of thiophene rings is 1. The van der Waals surface area contributed by atoms with E-state index in [0.29, 0.717) is 10.4 Å². The summed E-state index contributed by atoms with van der Waals surface area (Å²) < 4.78 is 18.5. The number of rotatable bonds is 5. The predicted molar refractivity (Wildman–Crippen MR) is 103 cm³/mol. The summed E-state index contributed by atoms with van der Waals surface area (Å²) in [5.41, 5.74) is 6.01. The molecule has 0 bridgehead atoms. The minimum atomic E-state index is -0.484. The Hall–Kier alpha value is -2.99. The molecule has 6 heteroatoms. The maximum Gasteiger partial charge on any atom is 0.282 e. The topological polar surface area (TPSA) is 50.7 Å². The molecule has 0 aliphatic rings. The van der Waals surface area contributed by atoms with Crippen molar-refractivity contribution in [2.45, 2.75) is 6.92 Å². The zero-order valence-electron chi connectivity index (χ0n) is 14.3.